The van der Waals surface area contributed by atoms with E-state index in [-0.39, 0.29) is 5.82 Å². The van der Waals surface area contributed by atoms with Crippen LogP contribution in [0.15, 0.2) is 79.5 Å². The zero-order chi connectivity index (χ0) is 21.5. The summed E-state index contributed by atoms with van der Waals surface area (Å²) in [5.41, 5.74) is 9.00. The van der Waals surface area contributed by atoms with Gasteiger partial charge in [-0.2, -0.15) is 5.26 Å². The second kappa shape index (κ2) is 9.53. The highest BCUT2D eigenvalue weighted by molar-refractivity contribution is 5.99. The molecule has 3 rings (SSSR count). The Balaban J connectivity index is 1.68. The number of nitrogens with two attached hydrogens (primary N) is 1. The summed E-state index contributed by atoms with van der Waals surface area (Å²) in [5.74, 6) is -0.963. The summed E-state index contributed by atoms with van der Waals surface area (Å²) >= 11 is 0. The van der Waals surface area contributed by atoms with Gasteiger partial charge in [-0.15, -0.1) is 0 Å². The van der Waals surface area contributed by atoms with Crippen molar-refractivity contribution in [3.8, 4) is 17.2 Å². The zero-order valence-electron chi connectivity index (χ0n) is 16.5. The largest absolute Gasteiger partial charge is 0.366 e. The van der Waals surface area contributed by atoms with Crippen LogP contribution in [0.1, 0.15) is 27.9 Å². The molecular formula is C25H22FN3O. The minimum absolute atomic E-state index is 0.299. The summed E-state index contributed by atoms with van der Waals surface area (Å²) < 4.78 is 14.8. The fourth-order valence-electron chi connectivity index (χ4n) is 3.37. The highest BCUT2D eigenvalue weighted by Crippen LogP contribution is 2.27. The Bertz CT molecular complexity index is 1100. The number of anilines is 1. The molecular weight excluding hydrogens is 377 g/mol. The van der Waals surface area contributed by atoms with E-state index in [2.05, 4.69) is 12.6 Å². The van der Waals surface area contributed by atoms with E-state index in [1.807, 2.05) is 23.1 Å². The molecule has 2 N–H and O–H groups in total. The molecule has 0 radical (unpaired) electrons. The Morgan fingerprint density at radius 1 is 1.10 bits per heavy atom. The van der Waals surface area contributed by atoms with E-state index in [1.165, 1.54) is 6.07 Å². The number of nitriles is 1. The first-order valence-electron chi connectivity index (χ1n) is 9.60. The van der Waals surface area contributed by atoms with E-state index in [0.29, 0.717) is 35.2 Å². The molecule has 1 amide bonds. The lowest BCUT2D eigenvalue weighted by Gasteiger charge is -2.20. The Morgan fingerprint density at radius 3 is 2.47 bits per heavy atom. The van der Waals surface area contributed by atoms with Crippen LogP contribution < -0.4 is 10.6 Å². The topological polar surface area (TPSA) is 70.1 Å². The van der Waals surface area contributed by atoms with Crippen LogP contribution in [0.2, 0.25) is 0 Å². The number of hydrogen-bond donors (Lipinski definition) is 1. The third kappa shape index (κ3) is 4.73. The van der Waals surface area contributed by atoms with Crippen molar-refractivity contribution < 1.29 is 9.18 Å². The van der Waals surface area contributed by atoms with Crippen molar-refractivity contribution in [1.82, 2.24) is 0 Å². The predicted molar refractivity (Wildman–Crippen MR) is 117 cm³/mol. The smallest absolute Gasteiger partial charge is 0.249 e. The fraction of sp³-hybridized carbons (Fsp3) is 0.120. The Kier molecular flexibility index (Phi) is 6.61. The molecule has 3 aromatic carbocycles. The van der Waals surface area contributed by atoms with Crippen LogP contribution in [-0.4, -0.2) is 12.5 Å². The van der Waals surface area contributed by atoms with Gasteiger partial charge in [-0.3, -0.25) is 4.79 Å². The van der Waals surface area contributed by atoms with Crippen molar-refractivity contribution in [3.05, 3.63) is 102 Å². The van der Waals surface area contributed by atoms with E-state index in [0.717, 1.165) is 17.7 Å². The molecule has 0 heterocycles. The fourth-order valence-corrected chi connectivity index (χ4v) is 3.37. The third-order valence-corrected chi connectivity index (χ3v) is 4.93. The molecule has 3 aromatic rings. The van der Waals surface area contributed by atoms with Crippen molar-refractivity contribution in [1.29, 1.82) is 5.26 Å². The van der Waals surface area contributed by atoms with Crippen molar-refractivity contribution in [2.24, 2.45) is 5.73 Å². The van der Waals surface area contributed by atoms with Crippen molar-refractivity contribution in [3.63, 3.8) is 0 Å². The van der Waals surface area contributed by atoms with Crippen LogP contribution in [0.25, 0.3) is 11.1 Å². The molecule has 0 aliphatic carbocycles. The Morgan fingerprint density at radius 2 is 1.83 bits per heavy atom. The van der Waals surface area contributed by atoms with Crippen LogP contribution >= 0.6 is 0 Å². The average molecular weight is 399 g/mol. The number of primary amides is 1. The first kappa shape index (κ1) is 20.8. The number of halogens is 1. The normalized spacial score (nSPS) is 10.3. The summed E-state index contributed by atoms with van der Waals surface area (Å²) in [7, 11) is 0. The molecule has 4 nitrogen and oxygen atoms in total. The lowest BCUT2D eigenvalue weighted by Crippen LogP contribution is -2.17. The molecule has 0 spiro atoms. The number of benzene rings is 3. The van der Waals surface area contributed by atoms with Crippen LogP contribution in [0.5, 0.6) is 0 Å². The first-order chi connectivity index (χ1) is 14.5. The molecule has 0 bridgehead atoms. The molecule has 0 atom stereocenters. The van der Waals surface area contributed by atoms with Crippen LogP contribution in [0.4, 0.5) is 10.1 Å². The summed E-state index contributed by atoms with van der Waals surface area (Å²) in [5, 5.41) is 8.91. The van der Waals surface area contributed by atoms with E-state index in [4.69, 9.17) is 11.0 Å². The van der Waals surface area contributed by atoms with E-state index in [9.17, 15) is 9.18 Å². The van der Waals surface area contributed by atoms with Gasteiger partial charge in [0.25, 0.3) is 0 Å². The van der Waals surface area contributed by atoms with Crippen LogP contribution in [-0.2, 0) is 6.42 Å². The Hall–Kier alpha value is -3.91. The number of aryl methyl sites for hydroxylation is 1. The highest BCUT2D eigenvalue weighted by Gasteiger charge is 2.13. The van der Waals surface area contributed by atoms with Gasteiger partial charge < -0.3 is 10.6 Å². The highest BCUT2D eigenvalue weighted by atomic mass is 19.1. The maximum Gasteiger partial charge on any atom is 0.249 e. The van der Waals surface area contributed by atoms with Crippen molar-refractivity contribution in [2.45, 2.75) is 12.8 Å². The van der Waals surface area contributed by atoms with E-state index in [1.54, 1.807) is 48.7 Å². The zero-order valence-corrected chi connectivity index (χ0v) is 16.5. The number of amides is 1. The van der Waals surface area contributed by atoms with Gasteiger partial charge in [0.1, 0.15) is 5.82 Å². The van der Waals surface area contributed by atoms with Gasteiger partial charge in [0.05, 0.1) is 11.6 Å². The SMILES string of the molecule is C=CN(CCCc1ccc(-c2ccccc2C(N)=O)c(F)c1)c1ccc(C#N)cc1. The molecule has 0 saturated carbocycles. The minimum atomic E-state index is -0.582. The first-order valence-corrected chi connectivity index (χ1v) is 9.60. The summed E-state index contributed by atoms with van der Waals surface area (Å²) in [4.78, 5) is 13.6. The number of hydrogen-bond acceptors (Lipinski definition) is 3. The number of carbonyl (C=O) groups excluding carboxylic acids is 1. The molecule has 5 heteroatoms. The summed E-state index contributed by atoms with van der Waals surface area (Å²) in [6, 6.07) is 21.2. The summed E-state index contributed by atoms with van der Waals surface area (Å²) in [6.45, 7) is 4.56. The lowest BCUT2D eigenvalue weighted by atomic mass is 9.97. The van der Waals surface area contributed by atoms with Gasteiger partial charge in [0.2, 0.25) is 5.91 Å². The molecule has 0 aliphatic heterocycles. The number of nitrogens with zero attached hydrogens (tertiary/aromatic N) is 2. The minimum Gasteiger partial charge on any atom is -0.366 e. The third-order valence-electron chi connectivity index (χ3n) is 4.93. The number of carbonyl (C=O) groups is 1. The molecule has 0 aromatic heterocycles. The summed E-state index contributed by atoms with van der Waals surface area (Å²) in [6.07, 6.45) is 3.23. The maximum absolute atomic E-state index is 14.8. The molecule has 0 saturated heterocycles. The van der Waals surface area contributed by atoms with Crippen molar-refractivity contribution in [2.75, 3.05) is 11.4 Å². The average Bonchev–Trinajstić information content (AvgIpc) is 2.77. The van der Waals surface area contributed by atoms with Gasteiger partial charge in [-0.1, -0.05) is 36.9 Å². The second-order valence-corrected chi connectivity index (χ2v) is 6.86. The van der Waals surface area contributed by atoms with Crippen LogP contribution in [0.3, 0.4) is 0 Å². The lowest BCUT2D eigenvalue weighted by molar-refractivity contribution is 0.100. The van der Waals surface area contributed by atoms with Crippen LogP contribution in [0, 0.1) is 17.1 Å². The molecule has 150 valence electrons. The quantitative estimate of drug-likeness (QED) is 0.576. The standard InChI is InChI=1S/C25H22FN3O/c1-2-29(20-12-9-19(17-27)10-13-20)15-5-6-18-11-14-22(24(26)16-18)21-7-3-4-8-23(21)25(28)30/h2-4,7-14,16H,1,5-6,15H2,(H2,28,30). The predicted octanol–water partition coefficient (Wildman–Crippen LogP) is 5.05. The molecule has 0 aliphatic rings. The maximum atomic E-state index is 14.8. The Labute approximate surface area is 175 Å². The van der Waals surface area contributed by atoms with Gasteiger partial charge in [-0.05, 0) is 66.6 Å². The molecule has 30 heavy (non-hydrogen) atoms. The monoisotopic (exact) mass is 399 g/mol. The second-order valence-electron chi connectivity index (χ2n) is 6.86. The van der Waals surface area contributed by atoms with Gasteiger partial charge in [0, 0.05) is 23.4 Å². The molecule has 0 unspecified atom stereocenters. The van der Waals surface area contributed by atoms with Gasteiger partial charge in [-0.25, -0.2) is 4.39 Å². The van der Waals surface area contributed by atoms with E-state index >= 15 is 0 Å². The number of rotatable bonds is 8. The van der Waals surface area contributed by atoms with E-state index < -0.39 is 5.91 Å². The van der Waals surface area contributed by atoms with Gasteiger partial charge >= 0.3 is 0 Å². The van der Waals surface area contributed by atoms with Crippen molar-refractivity contribution >= 4 is 11.6 Å². The van der Waals surface area contributed by atoms with Gasteiger partial charge in [0.15, 0.2) is 0 Å². The molecule has 0 fully saturated rings.